The average Bonchev–Trinajstić information content (AvgIpc) is 2.40. The van der Waals surface area contributed by atoms with Gasteiger partial charge in [-0.15, -0.1) is 0 Å². The van der Waals surface area contributed by atoms with Crippen LogP contribution < -0.4 is 10.6 Å². The third-order valence-electron chi connectivity index (χ3n) is 2.46. The van der Waals surface area contributed by atoms with E-state index in [0.29, 0.717) is 6.04 Å². The molecule has 0 saturated carbocycles. The molecule has 2 nitrogen and oxygen atoms in total. The molecule has 1 unspecified atom stereocenters. The van der Waals surface area contributed by atoms with Crippen LogP contribution in [0.4, 0.5) is 0 Å². The molecule has 0 heterocycles. The summed E-state index contributed by atoms with van der Waals surface area (Å²) in [4.78, 5) is 0. The first-order chi connectivity index (χ1) is 8.81. The lowest BCUT2D eigenvalue weighted by Gasteiger charge is -2.08. The van der Waals surface area contributed by atoms with Crippen molar-refractivity contribution >= 4 is 17.7 Å². The highest BCUT2D eigenvalue weighted by molar-refractivity contribution is 7.78. The van der Waals surface area contributed by atoms with E-state index in [1.54, 1.807) is 5.49 Å². The highest BCUT2D eigenvalue weighted by Gasteiger charge is 1.94. The number of nitrogens with one attached hydrogen (secondary N) is 2. The number of unbranched alkanes of at least 4 members (excludes halogenated alkanes) is 3. The Morgan fingerprint density at radius 3 is 2.44 bits per heavy atom. The SMILES string of the molecule is CC.CCCCCCNC(C)/C=C/CCNC=S. The maximum atomic E-state index is 4.67. The molecule has 0 amide bonds. The van der Waals surface area contributed by atoms with E-state index < -0.39 is 0 Å². The van der Waals surface area contributed by atoms with Gasteiger partial charge >= 0.3 is 0 Å². The Balaban J connectivity index is 0. The molecular formula is C15H32N2S. The first-order valence-electron chi connectivity index (χ1n) is 7.38. The van der Waals surface area contributed by atoms with E-state index in [0.717, 1.165) is 19.5 Å². The molecule has 3 heteroatoms. The van der Waals surface area contributed by atoms with Gasteiger partial charge in [0.25, 0.3) is 0 Å². The highest BCUT2D eigenvalue weighted by Crippen LogP contribution is 1.97. The summed E-state index contributed by atoms with van der Waals surface area (Å²) in [6.45, 7) is 10.5. The first kappa shape index (κ1) is 19.9. The van der Waals surface area contributed by atoms with E-state index in [2.05, 4.69) is 48.9 Å². The van der Waals surface area contributed by atoms with Gasteiger partial charge in [-0.05, 0) is 26.3 Å². The molecule has 2 N–H and O–H groups in total. The van der Waals surface area contributed by atoms with Gasteiger partial charge in [0.15, 0.2) is 0 Å². The van der Waals surface area contributed by atoms with Crippen LogP contribution in [0, 0.1) is 0 Å². The molecule has 0 aromatic carbocycles. The van der Waals surface area contributed by atoms with Crippen molar-refractivity contribution < 1.29 is 0 Å². The highest BCUT2D eigenvalue weighted by atomic mass is 32.1. The summed E-state index contributed by atoms with van der Waals surface area (Å²) in [5.74, 6) is 0. The van der Waals surface area contributed by atoms with Crippen LogP contribution in [0.3, 0.4) is 0 Å². The van der Waals surface area contributed by atoms with Crippen LogP contribution in [0.1, 0.15) is 59.8 Å². The minimum atomic E-state index is 0.481. The summed E-state index contributed by atoms with van der Waals surface area (Å²) in [6, 6.07) is 0.481. The zero-order valence-corrected chi connectivity index (χ0v) is 13.5. The van der Waals surface area contributed by atoms with Crippen molar-refractivity contribution in [2.24, 2.45) is 0 Å². The van der Waals surface area contributed by atoms with Crippen molar-refractivity contribution in [2.75, 3.05) is 13.1 Å². The summed E-state index contributed by atoms with van der Waals surface area (Å²) in [7, 11) is 0. The molecule has 18 heavy (non-hydrogen) atoms. The molecule has 1 atom stereocenters. The summed E-state index contributed by atoms with van der Waals surface area (Å²) >= 11 is 4.67. The van der Waals surface area contributed by atoms with Gasteiger partial charge in [0.1, 0.15) is 0 Å². The minimum Gasteiger partial charge on any atom is -0.382 e. The Kier molecular flexibility index (Phi) is 21.0. The number of hydrogen-bond acceptors (Lipinski definition) is 2. The predicted octanol–water partition coefficient (Wildman–Crippen LogP) is 4.06. The minimum absolute atomic E-state index is 0.481. The maximum absolute atomic E-state index is 4.67. The Morgan fingerprint density at radius 2 is 1.83 bits per heavy atom. The molecule has 108 valence electrons. The van der Waals surface area contributed by atoms with Gasteiger partial charge in [0.05, 0.1) is 5.49 Å². The Morgan fingerprint density at radius 1 is 1.11 bits per heavy atom. The van der Waals surface area contributed by atoms with Crippen molar-refractivity contribution in [1.29, 1.82) is 0 Å². The molecule has 0 aromatic rings. The smallest absolute Gasteiger partial charge is 0.0614 e. The van der Waals surface area contributed by atoms with Gasteiger partial charge in [-0.2, -0.15) is 0 Å². The predicted molar refractivity (Wildman–Crippen MR) is 88.4 cm³/mol. The fraction of sp³-hybridized carbons (Fsp3) is 0.800. The molecule has 0 aliphatic carbocycles. The van der Waals surface area contributed by atoms with Crippen LogP contribution in [0.25, 0.3) is 0 Å². The second-order valence-corrected chi connectivity index (χ2v) is 4.33. The molecule has 0 saturated heterocycles. The van der Waals surface area contributed by atoms with Crippen LogP contribution in [0.15, 0.2) is 12.2 Å². The summed E-state index contributed by atoms with van der Waals surface area (Å²) < 4.78 is 0. The topological polar surface area (TPSA) is 24.1 Å². The zero-order chi connectivity index (χ0) is 14.1. The van der Waals surface area contributed by atoms with Gasteiger partial charge in [0.2, 0.25) is 0 Å². The Labute approximate surface area is 120 Å². The summed E-state index contributed by atoms with van der Waals surface area (Å²) in [5, 5.41) is 6.50. The lowest BCUT2D eigenvalue weighted by molar-refractivity contribution is 0.571. The van der Waals surface area contributed by atoms with E-state index >= 15 is 0 Å². The molecule has 0 spiro atoms. The quantitative estimate of drug-likeness (QED) is 0.337. The zero-order valence-electron chi connectivity index (χ0n) is 12.7. The van der Waals surface area contributed by atoms with E-state index in [9.17, 15) is 0 Å². The number of thiocarbonyl (C=S) groups is 1. The molecule has 0 rings (SSSR count). The van der Waals surface area contributed by atoms with Gasteiger partial charge in [-0.25, -0.2) is 0 Å². The van der Waals surface area contributed by atoms with E-state index in [1.807, 2.05) is 13.8 Å². The second kappa shape index (κ2) is 18.9. The fourth-order valence-corrected chi connectivity index (χ4v) is 1.59. The van der Waals surface area contributed by atoms with Crippen molar-refractivity contribution in [1.82, 2.24) is 10.6 Å². The third kappa shape index (κ3) is 18.0. The van der Waals surface area contributed by atoms with Crippen molar-refractivity contribution in [2.45, 2.75) is 65.8 Å². The van der Waals surface area contributed by atoms with Crippen LogP contribution in [-0.2, 0) is 0 Å². The largest absolute Gasteiger partial charge is 0.382 e. The first-order valence-corrected chi connectivity index (χ1v) is 7.85. The van der Waals surface area contributed by atoms with Crippen LogP contribution in [0.5, 0.6) is 0 Å². The van der Waals surface area contributed by atoms with Crippen LogP contribution in [0.2, 0.25) is 0 Å². The molecule has 0 radical (unpaired) electrons. The van der Waals surface area contributed by atoms with Gasteiger partial charge < -0.3 is 10.6 Å². The van der Waals surface area contributed by atoms with Gasteiger partial charge in [-0.3, -0.25) is 0 Å². The number of rotatable bonds is 11. The Bertz CT molecular complexity index is 181. The summed E-state index contributed by atoms with van der Waals surface area (Å²) in [6.07, 6.45) is 10.8. The standard InChI is InChI=1S/C13H26N2S.C2H6/c1-3-4-5-7-11-15-13(2)9-6-8-10-14-12-16;1-2/h6,9,12-13,15H,3-5,7-8,10-11H2,1-2H3,(H,14,16);1-2H3/b9-6+;. The normalized spacial score (nSPS) is 11.8. The van der Waals surface area contributed by atoms with Crippen LogP contribution in [-0.4, -0.2) is 24.6 Å². The fourth-order valence-electron chi connectivity index (χ4n) is 1.48. The number of hydrogen-bond donors (Lipinski definition) is 2. The molecule has 0 aliphatic rings. The molecule has 0 aromatic heterocycles. The van der Waals surface area contributed by atoms with Crippen LogP contribution >= 0.6 is 12.2 Å². The van der Waals surface area contributed by atoms with E-state index in [-0.39, 0.29) is 0 Å². The average molecular weight is 273 g/mol. The summed E-state index contributed by atoms with van der Waals surface area (Å²) in [5.41, 5.74) is 1.57. The molecular weight excluding hydrogens is 240 g/mol. The van der Waals surface area contributed by atoms with E-state index in [4.69, 9.17) is 0 Å². The maximum Gasteiger partial charge on any atom is 0.0614 e. The van der Waals surface area contributed by atoms with E-state index in [1.165, 1.54) is 25.7 Å². The molecule has 0 fully saturated rings. The lowest BCUT2D eigenvalue weighted by Crippen LogP contribution is -2.25. The van der Waals surface area contributed by atoms with Crippen molar-refractivity contribution in [3.63, 3.8) is 0 Å². The van der Waals surface area contributed by atoms with Crippen molar-refractivity contribution in [3.05, 3.63) is 12.2 Å². The molecule has 0 aliphatic heterocycles. The Hall–Kier alpha value is -0.410. The van der Waals surface area contributed by atoms with Gasteiger partial charge in [-0.1, -0.05) is 64.4 Å². The second-order valence-electron chi connectivity index (χ2n) is 4.09. The lowest BCUT2D eigenvalue weighted by atomic mass is 10.2. The van der Waals surface area contributed by atoms with Crippen molar-refractivity contribution in [3.8, 4) is 0 Å². The monoisotopic (exact) mass is 272 g/mol. The van der Waals surface area contributed by atoms with Gasteiger partial charge in [0, 0.05) is 12.6 Å². The molecule has 0 bridgehead atoms. The third-order valence-corrected chi connectivity index (χ3v) is 2.63.